The van der Waals surface area contributed by atoms with Gasteiger partial charge in [0.05, 0.1) is 10.9 Å². The van der Waals surface area contributed by atoms with Crippen LogP contribution in [0.1, 0.15) is 42.2 Å². The van der Waals surface area contributed by atoms with Crippen molar-refractivity contribution in [3.63, 3.8) is 0 Å². The van der Waals surface area contributed by atoms with Gasteiger partial charge in [0.1, 0.15) is 5.56 Å². The number of H-pyrrole nitrogens is 1. The molecule has 3 aromatic rings. The molecule has 0 radical (unpaired) electrons. The minimum Gasteiger partial charge on any atom is -0.360 e. The number of hydrogen-bond donors (Lipinski definition) is 1. The Kier molecular flexibility index (Phi) is 5.53. The van der Waals surface area contributed by atoms with E-state index in [2.05, 4.69) is 14.6 Å². The number of benzene rings is 2. The van der Waals surface area contributed by atoms with Crippen LogP contribution in [0, 0.1) is 0 Å². The number of carbonyl (C=O) groups is 1. The molecule has 0 spiro atoms. The van der Waals surface area contributed by atoms with Crippen molar-refractivity contribution >= 4 is 28.4 Å². The molecular formula is C27H25N5O2S. The summed E-state index contributed by atoms with van der Waals surface area (Å²) in [5.41, 5.74) is 3.80. The number of hydrogen-bond acceptors (Lipinski definition) is 5. The van der Waals surface area contributed by atoms with E-state index < -0.39 is 0 Å². The minimum absolute atomic E-state index is 0.0525. The van der Waals surface area contributed by atoms with E-state index in [1.54, 1.807) is 6.20 Å². The number of para-hydroxylation sites is 2. The second-order valence-corrected chi connectivity index (χ2v) is 10.2. The third-order valence-electron chi connectivity index (χ3n) is 6.67. The van der Waals surface area contributed by atoms with E-state index in [1.165, 1.54) is 16.4 Å². The van der Waals surface area contributed by atoms with Crippen LogP contribution in [0.2, 0.25) is 0 Å². The van der Waals surface area contributed by atoms with Crippen LogP contribution in [0.15, 0.2) is 70.7 Å². The summed E-state index contributed by atoms with van der Waals surface area (Å²) in [6.07, 6.45) is 5.72. The molecule has 0 unspecified atom stereocenters. The van der Waals surface area contributed by atoms with Gasteiger partial charge in [-0.3, -0.25) is 9.59 Å². The molecule has 3 aliphatic rings. The van der Waals surface area contributed by atoms with Crippen molar-refractivity contribution in [1.29, 1.82) is 0 Å². The summed E-state index contributed by atoms with van der Waals surface area (Å²) in [4.78, 5) is 34.9. The second kappa shape index (κ2) is 8.85. The molecular weight excluding hydrogens is 458 g/mol. The van der Waals surface area contributed by atoms with Crippen LogP contribution in [-0.4, -0.2) is 35.3 Å². The Morgan fingerprint density at radius 3 is 2.71 bits per heavy atom. The summed E-state index contributed by atoms with van der Waals surface area (Å²) in [7, 11) is 0. The number of ketones is 1. The van der Waals surface area contributed by atoms with Crippen LogP contribution in [0.3, 0.4) is 0 Å². The molecule has 0 saturated heterocycles. The lowest BCUT2D eigenvalue weighted by Crippen LogP contribution is -2.20. The molecule has 0 fully saturated rings. The van der Waals surface area contributed by atoms with Gasteiger partial charge in [-0.1, -0.05) is 54.6 Å². The fraction of sp³-hybridized carbons (Fsp3) is 0.259. The Morgan fingerprint density at radius 2 is 1.86 bits per heavy atom. The maximum Gasteiger partial charge on any atom is 0.284 e. The summed E-state index contributed by atoms with van der Waals surface area (Å²) < 4.78 is 3.59. The summed E-state index contributed by atoms with van der Waals surface area (Å²) in [6, 6.07) is 17.3. The van der Waals surface area contributed by atoms with E-state index >= 15 is 0 Å². The van der Waals surface area contributed by atoms with Gasteiger partial charge in [0.2, 0.25) is 0 Å². The molecule has 1 aromatic heterocycles. The monoisotopic (exact) mass is 483 g/mol. The minimum atomic E-state index is -0.345. The number of thioether (sulfide) groups is 1. The summed E-state index contributed by atoms with van der Waals surface area (Å²) in [5, 5.41) is 5.93. The van der Waals surface area contributed by atoms with Crippen LogP contribution < -0.4 is 5.56 Å². The maximum atomic E-state index is 13.4. The number of nitrogens with zero attached hydrogens (tertiary/aromatic N) is 4. The highest BCUT2D eigenvalue weighted by Crippen LogP contribution is 2.33. The lowest BCUT2D eigenvalue weighted by molar-refractivity contribution is 0.0995. The van der Waals surface area contributed by atoms with E-state index in [1.807, 2.05) is 61.5 Å². The number of carbonyl (C=O) groups excluding carboxylic acids is 1. The Hall–Kier alpha value is -3.65. The van der Waals surface area contributed by atoms with Crippen molar-refractivity contribution in [2.24, 2.45) is 0 Å². The zero-order chi connectivity index (χ0) is 23.9. The summed E-state index contributed by atoms with van der Waals surface area (Å²) >= 11 is 1.45. The molecule has 35 heavy (non-hydrogen) atoms. The van der Waals surface area contributed by atoms with Crippen LogP contribution >= 0.6 is 11.8 Å². The highest BCUT2D eigenvalue weighted by atomic mass is 32.2. The van der Waals surface area contributed by atoms with Crippen LogP contribution in [0.25, 0.3) is 28.0 Å². The Morgan fingerprint density at radius 1 is 1.06 bits per heavy atom. The SMILES string of the molecule is C[C@H](Sc1nc2nn(-c3ccccc3)c(=O)c-2c2n1CCCCC2)C(=O)c1c[nH]c2ccccc12. The number of nitrogens with one attached hydrogen (secondary N) is 1. The fourth-order valence-electron chi connectivity index (χ4n) is 4.89. The van der Waals surface area contributed by atoms with Gasteiger partial charge >= 0.3 is 0 Å². The van der Waals surface area contributed by atoms with Gasteiger partial charge in [-0.25, -0.2) is 4.98 Å². The van der Waals surface area contributed by atoms with E-state index in [4.69, 9.17) is 4.98 Å². The highest BCUT2D eigenvalue weighted by molar-refractivity contribution is 8.00. The third-order valence-corrected chi connectivity index (χ3v) is 7.76. The first-order valence-corrected chi connectivity index (χ1v) is 12.8. The zero-order valence-corrected chi connectivity index (χ0v) is 20.2. The van der Waals surface area contributed by atoms with Gasteiger partial charge in [-0.05, 0) is 44.4 Å². The molecule has 2 aromatic carbocycles. The van der Waals surface area contributed by atoms with Crippen molar-refractivity contribution in [1.82, 2.24) is 24.3 Å². The van der Waals surface area contributed by atoms with Gasteiger partial charge in [0, 0.05) is 34.9 Å². The number of Topliss-reactive ketones (excluding diaryl/α,β-unsaturated/α-hetero) is 1. The van der Waals surface area contributed by atoms with Crippen molar-refractivity contribution < 1.29 is 4.79 Å². The lowest BCUT2D eigenvalue weighted by atomic mass is 10.1. The van der Waals surface area contributed by atoms with E-state index in [-0.39, 0.29) is 16.6 Å². The van der Waals surface area contributed by atoms with Crippen molar-refractivity contribution in [3.05, 3.63) is 82.4 Å². The molecule has 4 heterocycles. The van der Waals surface area contributed by atoms with Crippen LogP contribution in [-0.2, 0) is 13.0 Å². The molecule has 0 saturated carbocycles. The first-order valence-electron chi connectivity index (χ1n) is 12.0. The average Bonchev–Trinajstić information content (AvgIpc) is 3.36. The van der Waals surface area contributed by atoms with Gasteiger partial charge in [0.25, 0.3) is 5.56 Å². The second-order valence-electron chi connectivity index (χ2n) is 8.93. The number of aromatic nitrogens is 5. The first kappa shape index (κ1) is 21.9. The van der Waals surface area contributed by atoms with E-state index in [9.17, 15) is 9.59 Å². The van der Waals surface area contributed by atoms with Gasteiger partial charge < -0.3 is 9.55 Å². The molecule has 6 rings (SSSR count). The Labute approximate surface area is 206 Å². The van der Waals surface area contributed by atoms with Gasteiger partial charge in [0.15, 0.2) is 16.8 Å². The molecule has 1 N–H and O–H groups in total. The number of fused-ring (bicyclic) bond motifs is 4. The smallest absolute Gasteiger partial charge is 0.284 e. The molecule has 0 aliphatic carbocycles. The van der Waals surface area contributed by atoms with Crippen molar-refractivity contribution in [2.75, 3.05) is 0 Å². The standard InChI is InChI=1S/C27H25N5O2S/c1-17(24(33)20-16-28-21-13-8-7-12-19(20)21)35-27-29-25-23(22-14-6-3-9-15-31(22)27)26(34)32(30-25)18-10-4-2-5-11-18/h2,4-5,7-8,10-13,16-17,28H,3,6,9,14-15H2,1H3/t17-/m0/s1. The van der Waals surface area contributed by atoms with Crippen molar-refractivity contribution in [2.45, 2.75) is 49.6 Å². The van der Waals surface area contributed by atoms with Gasteiger partial charge in [-0.2, -0.15) is 4.68 Å². The number of rotatable bonds is 5. The lowest BCUT2D eigenvalue weighted by Gasteiger charge is -2.19. The Balaban J connectivity index is 1.43. The van der Waals surface area contributed by atoms with Crippen LogP contribution in [0.4, 0.5) is 0 Å². The third kappa shape index (κ3) is 3.78. The quantitative estimate of drug-likeness (QED) is 0.213. The predicted molar refractivity (Wildman–Crippen MR) is 138 cm³/mol. The first-order chi connectivity index (χ1) is 17.1. The molecule has 1 atom stereocenters. The van der Waals surface area contributed by atoms with Crippen molar-refractivity contribution in [3.8, 4) is 17.1 Å². The zero-order valence-electron chi connectivity index (χ0n) is 19.4. The van der Waals surface area contributed by atoms with E-state index in [0.717, 1.165) is 59.7 Å². The molecule has 7 nitrogen and oxygen atoms in total. The average molecular weight is 484 g/mol. The molecule has 0 amide bonds. The fourth-order valence-corrected chi connectivity index (χ4v) is 5.91. The summed E-state index contributed by atoms with van der Waals surface area (Å²) in [6.45, 7) is 2.70. The topological polar surface area (TPSA) is 85.6 Å². The van der Waals surface area contributed by atoms with E-state index in [0.29, 0.717) is 17.0 Å². The Bertz CT molecular complexity index is 1570. The molecule has 0 bridgehead atoms. The molecule has 8 heteroatoms. The normalized spacial score (nSPS) is 14.7. The predicted octanol–water partition coefficient (Wildman–Crippen LogP) is 5.11. The highest BCUT2D eigenvalue weighted by Gasteiger charge is 2.29. The molecule has 3 aliphatic heterocycles. The van der Waals surface area contributed by atoms with Gasteiger partial charge in [-0.15, -0.1) is 5.10 Å². The van der Waals surface area contributed by atoms with Crippen LogP contribution in [0.5, 0.6) is 0 Å². The maximum absolute atomic E-state index is 13.4. The largest absolute Gasteiger partial charge is 0.360 e. The molecule has 176 valence electrons. The summed E-state index contributed by atoms with van der Waals surface area (Å²) in [5.74, 6) is 0.498. The number of aromatic amines is 1.